The van der Waals surface area contributed by atoms with Gasteiger partial charge in [-0.3, -0.25) is 4.79 Å². The molecule has 1 aliphatic heterocycles. The van der Waals surface area contributed by atoms with Crippen LogP contribution in [0.2, 0.25) is 0 Å². The fourth-order valence-corrected chi connectivity index (χ4v) is 3.48. The average Bonchev–Trinajstić information content (AvgIpc) is 2.99. The number of hydrogen-bond donors (Lipinski definition) is 1. The number of nitrogens with one attached hydrogen (secondary N) is 1. The van der Waals surface area contributed by atoms with Gasteiger partial charge in [0.2, 0.25) is 0 Å². The quantitative estimate of drug-likeness (QED) is 0.924. The van der Waals surface area contributed by atoms with Crippen LogP contribution in [0.4, 0.5) is 0 Å². The van der Waals surface area contributed by atoms with Crippen molar-refractivity contribution in [3.05, 3.63) is 52.4 Å². The highest BCUT2D eigenvalue weighted by Crippen LogP contribution is 2.23. The molecular formula is C20H28N3O2+. The van der Waals surface area contributed by atoms with Crippen LogP contribution in [0.15, 0.2) is 28.8 Å². The predicted octanol–water partition coefficient (Wildman–Crippen LogP) is 1.96. The van der Waals surface area contributed by atoms with E-state index in [1.807, 2.05) is 25.7 Å². The number of hydrogen-bond acceptors (Lipinski definition) is 3. The van der Waals surface area contributed by atoms with Gasteiger partial charge in [-0.15, -0.1) is 0 Å². The number of aromatic nitrogens is 1. The Morgan fingerprint density at radius 2 is 1.92 bits per heavy atom. The second-order valence-electron chi connectivity index (χ2n) is 7.31. The number of carbonyl (C=O) groups excluding carboxylic acids is 1. The van der Waals surface area contributed by atoms with E-state index in [2.05, 4.69) is 36.3 Å². The first-order chi connectivity index (χ1) is 12.0. The normalized spacial score (nSPS) is 15.8. The van der Waals surface area contributed by atoms with Gasteiger partial charge in [0.15, 0.2) is 5.76 Å². The summed E-state index contributed by atoms with van der Waals surface area (Å²) in [6, 6.07) is 8.55. The minimum absolute atomic E-state index is 0.0670. The summed E-state index contributed by atoms with van der Waals surface area (Å²) in [5.41, 5.74) is 4.10. The molecule has 0 radical (unpaired) electrons. The lowest BCUT2D eigenvalue weighted by Gasteiger charge is -2.32. The molecule has 0 spiro atoms. The molecule has 0 saturated carbocycles. The lowest BCUT2D eigenvalue weighted by Crippen LogP contribution is -3.13. The van der Waals surface area contributed by atoms with Gasteiger partial charge in [0.05, 0.1) is 31.9 Å². The van der Waals surface area contributed by atoms with Crippen molar-refractivity contribution >= 4 is 5.91 Å². The maximum Gasteiger partial charge on any atom is 0.259 e. The standard InChI is InChI=1S/C20H27N3O2/c1-14(2)19-18(16(4)21-25-19)20(24)23-11-9-22(10-12-23)13-17-8-6-5-7-15(17)3/h5-8,14H,9-13H2,1-4H3/p+1. The van der Waals surface area contributed by atoms with Gasteiger partial charge in [0.1, 0.15) is 12.1 Å². The van der Waals surface area contributed by atoms with Gasteiger partial charge < -0.3 is 14.3 Å². The fourth-order valence-electron chi connectivity index (χ4n) is 3.48. The number of nitrogens with zero attached hydrogens (tertiary/aromatic N) is 2. The molecule has 25 heavy (non-hydrogen) atoms. The molecule has 1 fully saturated rings. The second kappa shape index (κ2) is 7.40. The third-order valence-corrected chi connectivity index (χ3v) is 5.09. The van der Waals surface area contributed by atoms with E-state index < -0.39 is 0 Å². The maximum absolute atomic E-state index is 12.9. The Morgan fingerprint density at radius 3 is 2.56 bits per heavy atom. The van der Waals surface area contributed by atoms with E-state index in [0.29, 0.717) is 17.0 Å². The molecule has 134 valence electrons. The Morgan fingerprint density at radius 1 is 1.24 bits per heavy atom. The molecule has 0 unspecified atom stereocenters. The first kappa shape index (κ1) is 17.7. The molecule has 5 heteroatoms. The van der Waals surface area contributed by atoms with E-state index in [9.17, 15) is 4.79 Å². The summed E-state index contributed by atoms with van der Waals surface area (Å²) in [6.07, 6.45) is 0. The van der Waals surface area contributed by atoms with Gasteiger partial charge >= 0.3 is 0 Å². The summed E-state index contributed by atoms with van der Waals surface area (Å²) in [4.78, 5) is 16.4. The first-order valence-corrected chi connectivity index (χ1v) is 9.11. The summed E-state index contributed by atoms with van der Waals surface area (Å²) in [5, 5.41) is 4.01. The van der Waals surface area contributed by atoms with Crippen molar-refractivity contribution in [2.75, 3.05) is 26.2 Å². The van der Waals surface area contributed by atoms with Gasteiger partial charge in [0, 0.05) is 11.5 Å². The van der Waals surface area contributed by atoms with Crippen LogP contribution < -0.4 is 4.90 Å². The minimum Gasteiger partial charge on any atom is -0.360 e. The summed E-state index contributed by atoms with van der Waals surface area (Å²) in [6.45, 7) is 12.6. The van der Waals surface area contributed by atoms with Crippen molar-refractivity contribution in [1.29, 1.82) is 0 Å². The fraction of sp³-hybridized carbons (Fsp3) is 0.500. The molecule has 0 aliphatic carbocycles. The number of quaternary nitrogens is 1. The smallest absolute Gasteiger partial charge is 0.259 e. The average molecular weight is 342 g/mol. The predicted molar refractivity (Wildman–Crippen MR) is 96.8 cm³/mol. The highest BCUT2D eigenvalue weighted by Gasteiger charge is 2.30. The van der Waals surface area contributed by atoms with Crippen LogP contribution in [-0.4, -0.2) is 42.1 Å². The molecule has 3 rings (SSSR count). The van der Waals surface area contributed by atoms with Crippen LogP contribution in [0.1, 0.15) is 52.7 Å². The minimum atomic E-state index is 0.0670. The summed E-state index contributed by atoms with van der Waals surface area (Å²) < 4.78 is 5.38. The molecule has 1 aromatic heterocycles. The Bertz CT molecular complexity index is 743. The molecule has 0 atom stereocenters. The van der Waals surface area contributed by atoms with Gasteiger partial charge in [0.25, 0.3) is 5.91 Å². The number of benzene rings is 1. The molecule has 1 amide bonds. The van der Waals surface area contributed by atoms with E-state index >= 15 is 0 Å². The van der Waals surface area contributed by atoms with E-state index in [-0.39, 0.29) is 11.8 Å². The van der Waals surface area contributed by atoms with Crippen molar-refractivity contribution < 1.29 is 14.2 Å². The van der Waals surface area contributed by atoms with Crippen LogP contribution in [-0.2, 0) is 6.54 Å². The van der Waals surface area contributed by atoms with E-state index in [1.165, 1.54) is 16.0 Å². The topological polar surface area (TPSA) is 50.8 Å². The van der Waals surface area contributed by atoms with Gasteiger partial charge in [-0.1, -0.05) is 43.3 Å². The molecular weight excluding hydrogens is 314 g/mol. The van der Waals surface area contributed by atoms with E-state index in [0.717, 1.165) is 32.7 Å². The SMILES string of the molecule is Cc1ccccc1C[NH+]1CCN(C(=O)c2c(C)noc2C(C)C)CC1. The van der Waals surface area contributed by atoms with Crippen molar-refractivity contribution in [2.45, 2.75) is 40.2 Å². The van der Waals surface area contributed by atoms with E-state index in [4.69, 9.17) is 4.52 Å². The van der Waals surface area contributed by atoms with Crippen molar-refractivity contribution in [1.82, 2.24) is 10.1 Å². The molecule has 1 aliphatic rings. The van der Waals surface area contributed by atoms with Crippen molar-refractivity contribution in [2.24, 2.45) is 0 Å². The third-order valence-electron chi connectivity index (χ3n) is 5.09. The summed E-state index contributed by atoms with van der Waals surface area (Å²) >= 11 is 0. The van der Waals surface area contributed by atoms with Crippen LogP contribution in [0, 0.1) is 13.8 Å². The zero-order valence-electron chi connectivity index (χ0n) is 15.6. The third kappa shape index (κ3) is 3.76. The maximum atomic E-state index is 12.9. The second-order valence-corrected chi connectivity index (χ2v) is 7.31. The zero-order chi connectivity index (χ0) is 18.0. The largest absolute Gasteiger partial charge is 0.360 e. The van der Waals surface area contributed by atoms with Crippen molar-refractivity contribution in [3.8, 4) is 0 Å². The highest BCUT2D eigenvalue weighted by atomic mass is 16.5. The number of carbonyl (C=O) groups is 1. The first-order valence-electron chi connectivity index (χ1n) is 9.11. The lowest BCUT2D eigenvalue weighted by atomic mass is 10.0. The monoisotopic (exact) mass is 342 g/mol. The van der Waals surface area contributed by atoms with Crippen LogP contribution in [0.3, 0.4) is 0 Å². The zero-order valence-corrected chi connectivity index (χ0v) is 15.6. The molecule has 1 aromatic carbocycles. The molecule has 1 saturated heterocycles. The summed E-state index contributed by atoms with van der Waals surface area (Å²) in [7, 11) is 0. The van der Waals surface area contributed by atoms with Crippen LogP contribution >= 0.6 is 0 Å². The van der Waals surface area contributed by atoms with E-state index in [1.54, 1.807) is 0 Å². The van der Waals surface area contributed by atoms with Crippen LogP contribution in [0.5, 0.6) is 0 Å². The van der Waals surface area contributed by atoms with Crippen LogP contribution in [0.25, 0.3) is 0 Å². The number of amides is 1. The highest BCUT2D eigenvalue weighted by molar-refractivity contribution is 5.96. The number of aryl methyl sites for hydroxylation is 2. The number of piperazine rings is 1. The Balaban J connectivity index is 1.64. The molecule has 2 heterocycles. The van der Waals surface area contributed by atoms with Gasteiger partial charge in [-0.05, 0) is 19.4 Å². The van der Waals surface area contributed by atoms with Gasteiger partial charge in [-0.2, -0.15) is 0 Å². The Labute approximate surface area is 149 Å². The van der Waals surface area contributed by atoms with Gasteiger partial charge in [-0.25, -0.2) is 0 Å². The lowest BCUT2D eigenvalue weighted by molar-refractivity contribution is -0.917. The molecule has 5 nitrogen and oxygen atoms in total. The molecule has 0 bridgehead atoms. The molecule has 2 aromatic rings. The number of rotatable bonds is 4. The van der Waals surface area contributed by atoms with Crippen molar-refractivity contribution in [3.63, 3.8) is 0 Å². The Kier molecular flexibility index (Phi) is 5.23. The molecule has 1 N–H and O–H groups in total. The Hall–Kier alpha value is -2.14. The summed E-state index contributed by atoms with van der Waals surface area (Å²) in [5.74, 6) is 0.933.